The van der Waals surface area contributed by atoms with Crippen molar-refractivity contribution in [1.29, 1.82) is 5.26 Å². The van der Waals surface area contributed by atoms with Gasteiger partial charge in [0.05, 0.1) is 17.1 Å². The van der Waals surface area contributed by atoms with E-state index in [2.05, 4.69) is 34.9 Å². The Labute approximate surface area is 157 Å². The smallest absolute Gasteiger partial charge is 0.238 e. The van der Waals surface area contributed by atoms with Gasteiger partial charge < -0.3 is 10.6 Å². The van der Waals surface area contributed by atoms with Crippen molar-refractivity contribution in [3.8, 4) is 6.07 Å². The lowest BCUT2D eigenvalue weighted by Gasteiger charge is -2.16. The molecule has 0 radical (unpaired) electrons. The summed E-state index contributed by atoms with van der Waals surface area (Å²) in [5.41, 5.74) is 2.10. The van der Waals surface area contributed by atoms with Crippen LogP contribution in [0.5, 0.6) is 0 Å². The fraction of sp³-hybridized carbons (Fsp3) is 0.143. The molecule has 0 aliphatic carbocycles. The van der Waals surface area contributed by atoms with Gasteiger partial charge in [0.25, 0.3) is 0 Å². The first-order chi connectivity index (χ1) is 12.6. The second kappa shape index (κ2) is 8.01. The Kier molecular flexibility index (Phi) is 5.52. The van der Waals surface area contributed by atoms with Crippen LogP contribution >= 0.6 is 11.6 Å². The first kappa shape index (κ1) is 17.9. The number of carbonyl (C=O) groups excluding carboxylic acids is 1. The summed E-state index contributed by atoms with van der Waals surface area (Å²) in [5, 5.41) is 17.6. The monoisotopic (exact) mass is 363 g/mol. The van der Waals surface area contributed by atoms with Gasteiger partial charge in [-0.1, -0.05) is 54.1 Å². The molecule has 0 saturated carbocycles. The Hall–Kier alpha value is -2.87. The fourth-order valence-corrected chi connectivity index (χ4v) is 3.10. The van der Waals surface area contributed by atoms with Crippen molar-refractivity contribution in [2.24, 2.45) is 0 Å². The van der Waals surface area contributed by atoms with E-state index < -0.39 is 0 Å². The highest BCUT2D eigenvalue weighted by atomic mass is 35.5. The second-order valence-corrected chi connectivity index (χ2v) is 6.43. The topological polar surface area (TPSA) is 64.9 Å². The van der Waals surface area contributed by atoms with Gasteiger partial charge in [0.15, 0.2) is 0 Å². The van der Waals surface area contributed by atoms with Gasteiger partial charge in [0.1, 0.15) is 6.07 Å². The molecule has 0 aliphatic heterocycles. The largest absolute Gasteiger partial charge is 0.325 e. The predicted octanol–water partition coefficient (Wildman–Crippen LogP) is 4.65. The van der Waals surface area contributed by atoms with E-state index in [0.717, 1.165) is 5.56 Å². The molecule has 26 heavy (non-hydrogen) atoms. The van der Waals surface area contributed by atoms with Gasteiger partial charge in [-0.15, -0.1) is 0 Å². The molecule has 1 atom stereocenters. The summed E-state index contributed by atoms with van der Waals surface area (Å²) >= 11 is 5.99. The molecule has 0 saturated heterocycles. The number of nitrogens with one attached hydrogen (secondary N) is 2. The van der Waals surface area contributed by atoms with Crippen LogP contribution in [0.25, 0.3) is 10.8 Å². The zero-order valence-corrected chi connectivity index (χ0v) is 15.0. The summed E-state index contributed by atoms with van der Waals surface area (Å²) in [5.74, 6) is -0.169. The lowest BCUT2D eigenvalue weighted by atomic mass is 10.00. The quantitative estimate of drug-likeness (QED) is 0.693. The molecule has 5 heteroatoms. The Balaban J connectivity index is 1.64. The molecule has 3 aromatic carbocycles. The van der Waals surface area contributed by atoms with E-state index in [1.165, 1.54) is 10.8 Å². The van der Waals surface area contributed by atoms with E-state index in [1.54, 1.807) is 18.2 Å². The number of rotatable bonds is 5. The van der Waals surface area contributed by atoms with Crippen molar-refractivity contribution in [2.45, 2.75) is 13.0 Å². The molecule has 130 valence electrons. The van der Waals surface area contributed by atoms with Crippen LogP contribution in [-0.4, -0.2) is 12.5 Å². The molecule has 0 aromatic heterocycles. The van der Waals surface area contributed by atoms with Crippen LogP contribution in [0.15, 0.2) is 60.7 Å². The lowest BCUT2D eigenvalue weighted by molar-refractivity contribution is -0.115. The maximum Gasteiger partial charge on any atom is 0.238 e. The summed E-state index contributed by atoms with van der Waals surface area (Å²) in [4.78, 5) is 12.2. The maximum atomic E-state index is 12.2. The number of hydrogen-bond donors (Lipinski definition) is 2. The number of carbonyl (C=O) groups is 1. The Morgan fingerprint density at radius 2 is 1.92 bits per heavy atom. The highest BCUT2D eigenvalue weighted by Gasteiger charge is 2.11. The van der Waals surface area contributed by atoms with Crippen LogP contribution in [0.2, 0.25) is 5.02 Å². The van der Waals surface area contributed by atoms with E-state index in [9.17, 15) is 4.79 Å². The Morgan fingerprint density at radius 1 is 1.15 bits per heavy atom. The van der Waals surface area contributed by atoms with Crippen LogP contribution in [0, 0.1) is 11.3 Å². The second-order valence-electron chi connectivity index (χ2n) is 6.03. The maximum absolute atomic E-state index is 12.2. The van der Waals surface area contributed by atoms with Crippen molar-refractivity contribution in [2.75, 3.05) is 11.9 Å². The number of halogens is 1. The number of benzene rings is 3. The van der Waals surface area contributed by atoms with Crippen molar-refractivity contribution >= 4 is 34.0 Å². The average molecular weight is 364 g/mol. The van der Waals surface area contributed by atoms with Crippen molar-refractivity contribution in [1.82, 2.24) is 5.32 Å². The van der Waals surface area contributed by atoms with Gasteiger partial charge in [0, 0.05) is 11.7 Å². The molecule has 0 heterocycles. The van der Waals surface area contributed by atoms with E-state index in [1.807, 2.05) is 31.2 Å². The summed E-state index contributed by atoms with van der Waals surface area (Å²) in [7, 11) is 0. The van der Waals surface area contributed by atoms with E-state index in [-0.39, 0.29) is 18.5 Å². The van der Waals surface area contributed by atoms with Crippen molar-refractivity contribution in [3.63, 3.8) is 0 Å². The standard InChI is InChI=1S/C21H18ClN3O/c1-14(18-8-4-6-15-5-2-3-7-19(15)18)24-13-21(26)25-17-10-9-16(12-23)20(22)11-17/h2-11,14,24H,13H2,1H3,(H,25,26)/t14-/m0/s1. The van der Waals surface area contributed by atoms with Gasteiger partial charge in [-0.05, 0) is 41.5 Å². The highest BCUT2D eigenvalue weighted by molar-refractivity contribution is 6.32. The van der Waals surface area contributed by atoms with Gasteiger partial charge in [-0.3, -0.25) is 4.79 Å². The molecule has 2 N–H and O–H groups in total. The van der Waals surface area contributed by atoms with Crippen LogP contribution in [-0.2, 0) is 4.79 Å². The molecule has 3 rings (SSSR count). The Bertz CT molecular complexity index is 989. The first-order valence-electron chi connectivity index (χ1n) is 8.29. The molecular weight excluding hydrogens is 346 g/mol. The van der Waals surface area contributed by atoms with E-state index >= 15 is 0 Å². The fourth-order valence-electron chi connectivity index (χ4n) is 2.87. The number of nitrogens with zero attached hydrogens (tertiary/aromatic N) is 1. The minimum Gasteiger partial charge on any atom is -0.325 e. The molecule has 0 aliphatic rings. The van der Waals surface area contributed by atoms with E-state index in [4.69, 9.17) is 16.9 Å². The van der Waals surface area contributed by atoms with Crippen LogP contribution in [0.3, 0.4) is 0 Å². The number of amides is 1. The van der Waals surface area contributed by atoms with Crippen LogP contribution in [0.1, 0.15) is 24.1 Å². The average Bonchev–Trinajstić information content (AvgIpc) is 2.66. The summed E-state index contributed by atoms with van der Waals surface area (Å²) in [6.45, 7) is 2.20. The van der Waals surface area contributed by atoms with Crippen molar-refractivity contribution < 1.29 is 4.79 Å². The summed E-state index contributed by atoms with van der Waals surface area (Å²) in [6.07, 6.45) is 0. The summed E-state index contributed by atoms with van der Waals surface area (Å²) in [6, 6.07) is 21.2. The number of hydrogen-bond acceptors (Lipinski definition) is 3. The minimum atomic E-state index is -0.169. The molecule has 0 spiro atoms. The predicted molar refractivity (Wildman–Crippen MR) is 105 cm³/mol. The van der Waals surface area contributed by atoms with Gasteiger partial charge in [-0.25, -0.2) is 0 Å². The number of nitriles is 1. The van der Waals surface area contributed by atoms with Crippen molar-refractivity contribution in [3.05, 3.63) is 76.8 Å². The molecule has 0 bridgehead atoms. The van der Waals surface area contributed by atoms with E-state index in [0.29, 0.717) is 16.3 Å². The van der Waals surface area contributed by atoms with Crippen LogP contribution < -0.4 is 10.6 Å². The third-order valence-corrected chi connectivity index (χ3v) is 4.54. The third kappa shape index (κ3) is 4.02. The van der Waals surface area contributed by atoms with Gasteiger partial charge in [0.2, 0.25) is 5.91 Å². The molecule has 3 aromatic rings. The lowest BCUT2D eigenvalue weighted by Crippen LogP contribution is -2.30. The zero-order valence-electron chi connectivity index (χ0n) is 14.3. The highest BCUT2D eigenvalue weighted by Crippen LogP contribution is 2.24. The Morgan fingerprint density at radius 3 is 2.69 bits per heavy atom. The van der Waals surface area contributed by atoms with Gasteiger partial charge in [-0.2, -0.15) is 5.26 Å². The minimum absolute atomic E-state index is 0.0244. The van der Waals surface area contributed by atoms with Crippen LogP contribution in [0.4, 0.5) is 5.69 Å². The summed E-state index contributed by atoms with van der Waals surface area (Å²) < 4.78 is 0. The molecular formula is C21H18ClN3O. The third-order valence-electron chi connectivity index (χ3n) is 4.23. The van der Waals surface area contributed by atoms with Gasteiger partial charge >= 0.3 is 0 Å². The molecule has 0 unspecified atom stereocenters. The molecule has 0 fully saturated rings. The molecule has 4 nitrogen and oxygen atoms in total. The normalized spacial score (nSPS) is 11.7. The first-order valence-corrected chi connectivity index (χ1v) is 8.67. The number of anilines is 1. The SMILES string of the molecule is C[C@H](NCC(=O)Nc1ccc(C#N)c(Cl)c1)c1cccc2ccccc12. The molecule has 1 amide bonds. The number of fused-ring (bicyclic) bond motifs is 1. The zero-order chi connectivity index (χ0) is 18.5.